The Balaban J connectivity index is 1.48. The Hall–Kier alpha value is -1.73. The Morgan fingerprint density at radius 1 is 1.06 bits per heavy atom. The molecule has 2 aromatic rings. The largest absolute Gasteiger partial charge is 0.497 e. The number of hydrogen-bond donors (Lipinski definition) is 0. The molecule has 0 bridgehead atoms. The van der Waals surface area contributed by atoms with Gasteiger partial charge in [-0.2, -0.15) is 0 Å². The summed E-state index contributed by atoms with van der Waals surface area (Å²) >= 11 is 7.94. The van der Waals surface area contributed by atoms with E-state index in [0.29, 0.717) is 5.25 Å². The van der Waals surface area contributed by atoms with E-state index >= 15 is 0 Å². The monoisotopic (exact) mass is 473 g/mol. The van der Waals surface area contributed by atoms with Crippen molar-refractivity contribution >= 4 is 29.3 Å². The predicted octanol–water partition coefficient (Wildman–Crippen LogP) is 4.25. The topological polar surface area (TPSA) is 36.0 Å². The van der Waals surface area contributed by atoms with Crippen LogP contribution in [0.4, 0.5) is 0 Å². The van der Waals surface area contributed by atoms with Crippen LogP contribution in [0.5, 0.6) is 5.75 Å². The highest BCUT2D eigenvalue weighted by molar-refractivity contribution is 8.00. The molecule has 2 saturated heterocycles. The first-order valence-corrected chi connectivity index (χ1v) is 12.5. The van der Waals surface area contributed by atoms with Crippen molar-refractivity contribution in [2.45, 2.75) is 35.6 Å². The molecule has 2 aromatic carbocycles. The van der Waals surface area contributed by atoms with Gasteiger partial charge in [0.05, 0.1) is 13.2 Å². The number of thioether (sulfide) groups is 1. The van der Waals surface area contributed by atoms with Crippen molar-refractivity contribution in [1.82, 2.24) is 14.7 Å². The number of carbonyl (C=O) groups excluding carboxylic acids is 1. The normalized spacial score (nSPS) is 22.7. The molecule has 2 heterocycles. The average Bonchev–Trinajstić information content (AvgIpc) is 3.05. The summed E-state index contributed by atoms with van der Waals surface area (Å²) in [6.45, 7) is 5.32. The molecule has 0 aliphatic carbocycles. The van der Waals surface area contributed by atoms with Crippen LogP contribution < -0.4 is 4.74 Å². The van der Waals surface area contributed by atoms with Crippen molar-refractivity contribution in [3.05, 3.63) is 59.1 Å². The molecule has 2 aliphatic rings. The maximum absolute atomic E-state index is 13.6. The Labute approximate surface area is 200 Å². The van der Waals surface area contributed by atoms with Crippen LogP contribution in [-0.4, -0.2) is 78.8 Å². The summed E-state index contributed by atoms with van der Waals surface area (Å²) in [5.74, 6) is 1.15. The Morgan fingerprint density at radius 3 is 2.53 bits per heavy atom. The van der Waals surface area contributed by atoms with E-state index in [-0.39, 0.29) is 11.9 Å². The van der Waals surface area contributed by atoms with Crippen LogP contribution in [0.3, 0.4) is 0 Å². The van der Waals surface area contributed by atoms with E-state index in [1.165, 1.54) is 10.5 Å². The molecule has 1 amide bonds. The summed E-state index contributed by atoms with van der Waals surface area (Å²) < 4.78 is 5.28. The van der Waals surface area contributed by atoms with Gasteiger partial charge >= 0.3 is 0 Å². The van der Waals surface area contributed by atoms with Crippen LogP contribution in [0.15, 0.2) is 53.4 Å². The fourth-order valence-electron chi connectivity index (χ4n) is 4.53. The minimum Gasteiger partial charge on any atom is -0.497 e. The Morgan fingerprint density at radius 2 is 1.81 bits per heavy atom. The molecule has 0 unspecified atom stereocenters. The number of methoxy groups -OCH3 is 1. The van der Waals surface area contributed by atoms with Crippen molar-refractivity contribution in [3.8, 4) is 5.75 Å². The van der Waals surface area contributed by atoms with Crippen molar-refractivity contribution < 1.29 is 9.53 Å². The second-order valence-electron chi connectivity index (χ2n) is 8.70. The zero-order valence-corrected chi connectivity index (χ0v) is 20.4. The average molecular weight is 474 g/mol. The number of halogens is 1. The summed E-state index contributed by atoms with van der Waals surface area (Å²) in [5, 5.41) is 1.11. The van der Waals surface area contributed by atoms with E-state index in [1.54, 1.807) is 7.11 Å². The molecule has 7 heteroatoms. The zero-order valence-electron chi connectivity index (χ0n) is 18.9. The minimum absolute atomic E-state index is 0.0789. The van der Waals surface area contributed by atoms with Crippen molar-refractivity contribution in [2.24, 2.45) is 0 Å². The molecule has 2 aliphatic heterocycles. The van der Waals surface area contributed by atoms with Gasteiger partial charge in [-0.15, -0.1) is 11.8 Å². The zero-order chi connectivity index (χ0) is 22.5. The second-order valence-corrected chi connectivity index (χ2v) is 10.5. The number of nitrogens with zero attached hydrogens (tertiary/aromatic N) is 3. The summed E-state index contributed by atoms with van der Waals surface area (Å²) in [5.41, 5.74) is 1.19. The number of rotatable bonds is 6. The molecule has 32 heavy (non-hydrogen) atoms. The molecular weight excluding hydrogens is 442 g/mol. The lowest BCUT2D eigenvalue weighted by Crippen LogP contribution is -2.46. The second kappa shape index (κ2) is 10.9. The number of amides is 1. The molecule has 5 nitrogen and oxygen atoms in total. The maximum Gasteiger partial charge on any atom is 0.240 e. The first-order chi connectivity index (χ1) is 15.5. The molecule has 0 radical (unpaired) electrons. The molecule has 4 rings (SSSR count). The number of benzene rings is 2. The number of hydrogen-bond acceptors (Lipinski definition) is 5. The molecule has 2 atom stereocenters. The summed E-state index contributed by atoms with van der Waals surface area (Å²) in [6, 6.07) is 16.1. The Bertz CT molecular complexity index is 893. The summed E-state index contributed by atoms with van der Waals surface area (Å²) in [6.07, 6.45) is 1.91. The van der Waals surface area contributed by atoms with Crippen LogP contribution in [-0.2, 0) is 11.3 Å². The summed E-state index contributed by atoms with van der Waals surface area (Å²) in [4.78, 5) is 21.6. The third-order valence-electron chi connectivity index (χ3n) is 6.34. The smallest absolute Gasteiger partial charge is 0.240 e. The van der Waals surface area contributed by atoms with Crippen molar-refractivity contribution in [1.29, 1.82) is 0 Å². The van der Waals surface area contributed by atoms with E-state index in [2.05, 4.69) is 46.0 Å². The lowest BCUT2D eigenvalue weighted by molar-refractivity contribution is -0.136. The number of likely N-dealkylation sites (tertiary alicyclic amines) is 1. The standard InChI is InChI=1S/C25H32ClN3O2S/c1-27-12-3-13-28(15-14-27)25(30)24-16-23(32-22-10-8-21(31-2)9-11-22)18-29(24)17-19-4-6-20(26)7-5-19/h4-11,23-24H,3,12-18H2,1-2H3/t23-,24+/m1/s1. The van der Waals surface area contributed by atoms with Gasteiger partial charge in [0, 0.05) is 47.9 Å². The van der Waals surface area contributed by atoms with Gasteiger partial charge < -0.3 is 14.5 Å². The Kier molecular flexibility index (Phi) is 8.00. The van der Waals surface area contributed by atoms with Gasteiger partial charge in [-0.1, -0.05) is 23.7 Å². The SMILES string of the molecule is COc1ccc(S[C@@H]2C[C@@H](C(=O)N3CCCN(C)CC3)N(Cc3ccc(Cl)cc3)C2)cc1. The van der Waals surface area contributed by atoms with Crippen molar-refractivity contribution in [3.63, 3.8) is 0 Å². The van der Waals surface area contributed by atoms with Gasteiger partial charge in [0.15, 0.2) is 0 Å². The molecule has 0 saturated carbocycles. The van der Waals surface area contributed by atoms with Gasteiger partial charge in [-0.25, -0.2) is 0 Å². The third kappa shape index (κ3) is 5.98. The fraction of sp³-hybridized carbons (Fsp3) is 0.480. The van der Waals surface area contributed by atoms with Crippen molar-refractivity contribution in [2.75, 3.05) is 46.9 Å². The van der Waals surface area contributed by atoms with E-state index in [0.717, 1.165) is 62.9 Å². The quantitative estimate of drug-likeness (QED) is 0.626. The maximum atomic E-state index is 13.6. The van der Waals surface area contributed by atoms with Gasteiger partial charge in [0.2, 0.25) is 5.91 Å². The third-order valence-corrected chi connectivity index (χ3v) is 7.81. The van der Waals surface area contributed by atoms with E-state index in [1.807, 2.05) is 36.0 Å². The molecule has 0 aromatic heterocycles. The van der Waals surface area contributed by atoms with Crippen LogP contribution in [0.1, 0.15) is 18.4 Å². The highest BCUT2D eigenvalue weighted by Gasteiger charge is 2.39. The lowest BCUT2D eigenvalue weighted by Gasteiger charge is -2.29. The highest BCUT2D eigenvalue weighted by atomic mass is 35.5. The molecular formula is C25H32ClN3O2S. The van der Waals surface area contributed by atoms with Crippen LogP contribution >= 0.6 is 23.4 Å². The van der Waals surface area contributed by atoms with Crippen LogP contribution in [0, 0.1) is 0 Å². The molecule has 172 valence electrons. The predicted molar refractivity (Wildman–Crippen MR) is 132 cm³/mol. The lowest BCUT2D eigenvalue weighted by atomic mass is 10.1. The van der Waals surface area contributed by atoms with Gasteiger partial charge in [0.1, 0.15) is 5.75 Å². The van der Waals surface area contributed by atoms with Crippen LogP contribution in [0.2, 0.25) is 5.02 Å². The number of carbonyl (C=O) groups is 1. The first-order valence-electron chi connectivity index (χ1n) is 11.3. The fourth-order valence-corrected chi connectivity index (χ4v) is 5.88. The molecule has 2 fully saturated rings. The van der Waals surface area contributed by atoms with Gasteiger partial charge in [-0.3, -0.25) is 9.69 Å². The van der Waals surface area contributed by atoms with Crippen LogP contribution in [0.25, 0.3) is 0 Å². The molecule has 0 N–H and O–H groups in total. The minimum atomic E-state index is -0.0789. The summed E-state index contributed by atoms with van der Waals surface area (Å²) in [7, 11) is 3.82. The van der Waals surface area contributed by atoms with Gasteiger partial charge in [0.25, 0.3) is 0 Å². The highest BCUT2D eigenvalue weighted by Crippen LogP contribution is 2.35. The van der Waals surface area contributed by atoms with Gasteiger partial charge in [-0.05, 0) is 68.4 Å². The first kappa shape index (κ1) is 23.4. The number of ether oxygens (including phenoxy) is 1. The van der Waals surface area contributed by atoms with E-state index < -0.39 is 0 Å². The van der Waals surface area contributed by atoms with E-state index in [9.17, 15) is 4.79 Å². The molecule has 0 spiro atoms. The van der Waals surface area contributed by atoms with E-state index in [4.69, 9.17) is 16.3 Å². The number of likely N-dealkylation sites (N-methyl/N-ethyl adjacent to an activating group) is 1.